The van der Waals surface area contributed by atoms with Crippen LogP contribution in [-0.4, -0.2) is 18.8 Å². The number of aliphatic imine (C=N–C) groups is 1. The van der Waals surface area contributed by atoms with E-state index in [9.17, 15) is 4.39 Å². The number of ether oxygens (including phenoxy) is 1. The van der Waals surface area contributed by atoms with Gasteiger partial charge in [-0.05, 0) is 6.72 Å². The molecule has 0 spiro atoms. The summed E-state index contributed by atoms with van der Waals surface area (Å²) in [6, 6.07) is 1.21. The highest BCUT2D eigenvalue weighted by Gasteiger charge is 2.02. The van der Waals surface area contributed by atoms with Crippen LogP contribution in [-0.2, 0) is 0 Å². The van der Waals surface area contributed by atoms with Gasteiger partial charge >= 0.3 is 0 Å². The Bertz CT molecular complexity index is 275. The molecule has 1 aromatic heterocycles. The van der Waals surface area contributed by atoms with Crippen LogP contribution < -0.4 is 4.74 Å². The number of methoxy groups -OCH3 is 1. The van der Waals surface area contributed by atoms with Crippen molar-refractivity contribution in [3.05, 3.63) is 18.1 Å². The normalized spacial score (nSPS) is 9.27. The maximum absolute atomic E-state index is 12.5. The number of hydrogen-bond acceptors (Lipinski definition) is 3. The second-order valence-corrected chi connectivity index (χ2v) is 1.84. The Kier molecular flexibility index (Phi) is 2.15. The fraction of sp³-hybridized carbons (Fsp3) is 0.143. The second kappa shape index (κ2) is 3.09. The third kappa shape index (κ3) is 1.52. The molecule has 11 heavy (non-hydrogen) atoms. The van der Waals surface area contributed by atoms with E-state index in [2.05, 4.69) is 16.7 Å². The SMILES string of the molecule is C=Nc1cc(F)cnc1OC. The van der Waals surface area contributed by atoms with Gasteiger partial charge in [0, 0.05) is 6.07 Å². The number of halogens is 1. The molecule has 1 aromatic rings. The second-order valence-electron chi connectivity index (χ2n) is 1.84. The van der Waals surface area contributed by atoms with Crippen LogP contribution in [0.25, 0.3) is 0 Å². The fourth-order valence-corrected chi connectivity index (χ4v) is 0.687. The van der Waals surface area contributed by atoms with E-state index in [1.54, 1.807) is 0 Å². The van der Waals surface area contributed by atoms with Gasteiger partial charge in [-0.25, -0.2) is 9.37 Å². The van der Waals surface area contributed by atoms with Gasteiger partial charge in [0.15, 0.2) is 0 Å². The van der Waals surface area contributed by atoms with Crippen molar-refractivity contribution in [3.63, 3.8) is 0 Å². The van der Waals surface area contributed by atoms with E-state index in [0.29, 0.717) is 5.69 Å². The Labute approximate surface area is 63.6 Å². The summed E-state index contributed by atoms with van der Waals surface area (Å²) < 4.78 is 17.2. The molecule has 0 bridgehead atoms. The lowest BCUT2D eigenvalue weighted by Crippen LogP contribution is -1.88. The standard InChI is InChI=1S/C7H7FN2O/c1-9-6-3-5(8)4-10-7(6)11-2/h3-4H,1H2,2H3. The van der Waals surface area contributed by atoms with Crippen LogP contribution in [0, 0.1) is 5.82 Å². The monoisotopic (exact) mass is 154 g/mol. The van der Waals surface area contributed by atoms with Gasteiger partial charge in [0.05, 0.1) is 13.3 Å². The molecule has 1 rings (SSSR count). The highest BCUT2D eigenvalue weighted by molar-refractivity contribution is 5.52. The highest BCUT2D eigenvalue weighted by Crippen LogP contribution is 2.23. The number of aromatic nitrogens is 1. The van der Waals surface area contributed by atoms with Crippen molar-refractivity contribution < 1.29 is 9.13 Å². The summed E-state index contributed by atoms with van der Waals surface area (Å²) >= 11 is 0. The van der Waals surface area contributed by atoms with E-state index in [-0.39, 0.29) is 5.88 Å². The van der Waals surface area contributed by atoms with Crippen molar-refractivity contribution in [2.24, 2.45) is 4.99 Å². The average Bonchev–Trinajstić information content (AvgIpc) is 2.04. The minimum atomic E-state index is -0.451. The molecule has 4 heteroatoms. The maximum atomic E-state index is 12.5. The first-order chi connectivity index (χ1) is 5.27. The molecule has 0 aromatic carbocycles. The van der Waals surface area contributed by atoms with E-state index >= 15 is 0 Å². The predicted molar refractivity (Wildman–Crippen MR) is 40.0 cm³/mol. The molecule has 0 amide bonds. The van der Waals surface area contributed by atoms with Gasteiger partial charge in [0.2, 0.25) is 5.88 Å². The van der Waals surface area contributed by atoms with Gasteiger partial charge in [-0.2, -0.15) is 0 Å². The molecule has 0 N–H and O–H groups in total. The fourth-order valence-electron chi connectivity index (χ4n) is 0.687. The molecule has 0 saturated heterocycles. The molecule has 0 saturated carbocycles. The first kappa shape index (κ1) is 7.65. The first-order valence-electron chi connectivity index (χ1n) is 2.94. The van der Waals surface area contributed by atoms with Crippen molar-refractivity contribution in [3.8, 4) is 5.88 Å². The van der Waals surface area contributed by atoms with Gasteiger partial charge in [0.1, 0.15) is 11.5 Å². The predicted octanol–water partition coefficient (Wildman–Crippen LogP) is 1.56. The topological polar surface area (TPSA) is 34.5 Å². The summed E-state index contributed by atoms with van der Waals surface area (Å²) in [5.74, 6) is -0.172. The lowest BCUT2D eigenvalue weighted by molar-refractivity contribution is 0.397. The molecule has 1 heterocycles. The lowest BCUT2D eigenvalue weighted by Gasteiger charge is -2.00. The Morgan fingerprint density at radius 2 is 2.45 bits per heavy atom. The van der Waals surface area contributed by atoms with Crippen molar-refractivity contribution >= 4 is 12.4 Å². The van der Waals surface area contributed by atoms with Crippen LogP contribution in [0.5, 0.6) is 5.88 Å². The minimum Gasteiger partial charge on any atom is -0.479 e. The third-order valence-electron chi connectivity index (χ3n) is 1.16. The summed E-state index contributed by atoms with van der Waals surface area (Å²) in [7, 11) is 1.44. The molecule has 3 nitrogen and oxygen atoms in total. The minimum absolute atomic E-state index is 0.279. The Morgan fingerprint density at radius 3 is 3.00 bits per heavy atom. The van der Waals surface area contributed by atoms with Crippen molar-refractivity contribution in [2.45, 2.75) is 0 Å². The molecular formula is C7H7FN2O. The Hall–Kier alpha value is -1.45. The molecule has 0 aliphatic rings. The zero-order valence-corrected chi connectivity index (χ0v) is 6.04. The summed E-state index contributed by atoms with van der Waals surface area (Å²) in [5.41, 5.74) is 0.312. The van der Waals surface area contributed by atoms with Crippen molar-refractivity contribution in [2.75, 3.05) is 7.11 Å². The van der Waals surface area contributed by atoms with Crippen LogP contribution in [0.15, 0.2) is 17.3 Å². The maximum Gasteiger partial charge on any atom is 0.239 e. The highest BCUT2D eigenvalue weighted by atomic mass is 19.1. The van der Waals surface area contributed by atoms with E-state index < -0.39 is 5.82 Å². The van der Waals surface area contributed by atoms with Crippen LogP contribution in [0.3, 0.4) is 0 Å². The lowest BCUT2D eigenvalue weighted by atomic mass is 10.4. The average molecular weight is 154 g/mol. The number of pyridine rings is 1. The van der Waals surface area contributed by atoms with Gasteiger partial charge in [-0.3, -0.25) is 4.99 Å². The van der Waals surface area contributed by atoms with Crippen molar-refractivity contribution in [1.82, 2.24) is 4.98 Å². The largest absolute Gasteiger partial charge is 0.479 e. The Morgan fingerprint density at radius 1 is 1.73 bits per heavy atom. The molecule has 0 fully saturated rings. The number of hydrogen-bond donors (Lipinski definition) is 0. The molecule has 0 atom stereocenters. The molecular weight excluding hydrogens is 147 g/mol. The van der Waals surface area contributed by atoms with Crippen LogP contribution >= 0.6 is 0 Å². The van der Waals surface area contributed by atoms with Crippen LogP contribution in [0.4, 0.5) is 10.1 Å². The van der Waals surface area contributed by atoms with Gasteiger partial charge in [-0.1, -0.05) is 0 Å². The summed E-state index contributed by atoms with van der Waals surface area (Å²) in [5, 5.41) is 0. The molecule has 0 radical (unpaired) electrons. The van der Waals surface area contributed by atoms with Gasteiger partial charge < -0.3 is 4.74 Å². The van der Waals surface area contributed by atoms with Crippen LogP contribution in [0.1, 0.15) is 0 Å². The summed E-state index contributed by atoms with van der Waals surface area (Å²) in [6.07, 6.45) is 1.06. The zero-order valence-electron chi connectivity index (χ0n) is 6.04. The molecule has 0 aliphatic heterocycles. The number of nitrogens with zero attached hydrogens (tertiary/aromatic N) is 2. The van der Waals surface area contributed by atoms with Gasteiger partial charge in [-0.15, -0.1) is 0 Å². The van der Waals surface area contributed by atoms with E-state index in [1.165, 1.54) is 13.2 Å². The van der Waals surface area contributed by atoms with Crippen molar-refractivity contribution in [1.29, 1.82) is 0 Å². The van der Waals surface area contributed by atoms with E-state index in [0.717, 1.165) is 6.20 Å². The van der Waals surface area contributed by atoms with E-state index in [4.69, 9.17) is 4.74 Å². The quantitative estimate of drug-likeness (QED) is 0.606. The molecule has 0 unspecified atom stereocenters. The number of rotatable bonds is 2. The summed E-state index contributed by atoms with van der Waals surface area (Å²) in [6.45, 7) is 3.24. The zero-order chi connectivity index (χ0) is 8.27. The Balaban J connectivity index is 3.16. The van der Waals surface area contributed by atoms with Gasteiger partial charge in [0.25, 0.3) is 0 Å². The van der Waals surface area contributed by atoms with Crippen LogP contribution in [0.2, 0.25) is 0 Å². The smallest absolute Gasteiger partial charge is 0.239 e. The molecule has 0 aliphatic carbocycles. The molecule has 58 valence electrons. The third-order valence-corrected chi connectivity index (χ3v) is 1.16. The summed E-state index contributed by atoms with van der Waals surface area (Å²) in [4.78, 5) is 7.16. The van der Waals surface area contributed by atoms with E-state index in [1.807, 2.05) is 0 Å². The first-order valence-corrected chi connectivity index (χ1v) is 2.94.